The summed E-state index contributed by atoms with van der Waals surface area (Å²) in [5, 5.41) is 13.7. The van der Waals surface area contributed by atoms with E-state index in [0.717, 1.165) is 5.56 Å². The first-order valence-corrected chi connectivity index (χ1v) is 7.17. The molecule has 0 spiro atoms. The van der Waals surface area contributed by atoms with Gasteiger partial charge in [-0.2, -0.15) is 0 Å². The van der Waals surface area contributed by atoms with Crippen LogP contribution in [-0.4, -0.2) is 17.6 Å². The highest BCUT2D eigenvalue weighted by Gasteiger charge is 2.24. The van der Waals surface area contributed by atoms with Gasteiger partial charge >= 0.3 is 0 Å². The highest BCUT2D eigenvalue weighted by atomic mass is 35.5. The number of halogens is 2. The van der Waals surface area contributed by atoms with Gasteiger partial charge in [0.25, 0.3) is 5.91 Å². The summed E-state index contributed by atoms with van der Waals surface area (Å²) < 4.78 is 0. The molecule has 5 heteroatoms. The van der Waals surface area contributed by atoms with E-state index in [4.69, 9.17) is 23.2 Å². The van der Waals surface area contributed by atoms with Gasteiger partial charge in [0.2, 0.25) is 0 Å². The van der Waals surface area contributed by atoms with Crippen LogP contribution < -0.4 is 5.32 Å². The Morgan fingerprint density at radius 3 is 2.24 bits per heavy atom. The molecule has 0 aliphatic rings. The number of benzene rings is 2. The summed E-state index contributed by atoms with van der Waals surface area (Å²) in [6.45, 7) is 1.69. The molecular weight excluding hydrogens is 309 g/mol. The van der Waals surface area contributed by atoms with Gasteiger partial charge in [0.15, 0.2) is 0 Å². The second kappa shape index (κ2) is 6.48. The van der Waals surface area contributed by atoms with Crippen molar-refractivity contribution in [2.75, 3.05) is 6.54 Å². The molecule has 3 nitrogen and oxygen atoms in total. The van der Waals surface area contributed by atoms with Crippen LogP contribution in [0.2, 0.25) is 10.0 Å². The minimum atomic E-state index is -1.18. The maximum atomic E-state index is 12.2. The molecule has 0 bridgehead atoms. The molecule has 2 aromatic rings. The molecule has 0 radical (unpaired) electrons. The van der Waals surface area contributed by atoms with Crippen LogP contribution in [0.5, 0.6) is 0 Å². The molecular formula is C16H15Cl2NO2. The van der Waals surface area contributed by atoms with Crippen molar-refractivity contribution in [2.45, 2.75) is 12.5 Å². The minimum Gasteiger partial charge on any atom is -0.384 e. The van der Waals surface area contributed by atoms with Gasteiger partial charge in [0.1, 0.15) is 5.60 Å². The van der Waals surface area contributed by atoms with Crippen molar-refractivity contribution in [3.8, 4) is 0 Å². The van der Waals surface area contributed by atoms with Gasteiger partial charge in [-0.25, -0.2) is 0 Å². The van der Waals surface area contributed by atoms with E-state index in [2.05, 4.69) is 5.32 Å². The van der Waals surface area contributed by atoms with Crippen molar-refractivity contribution in [3.63, 3.8) is 0 Å². The second-order valence-electron chi connectivity index (χ2n) is 4.92. The van der Waals surface area contributed by atoms with Crippen LogP contribution in [0.15, 0.2) is 48.5 Å². The summed E-state index contributed by atoms with van der Waals surface area (Å²) in [4.78, 5) is 12.2. The standard InChI is InChI=1S/C16H15Cl2NO2/c1-16(21,11-6-3-2-4-7-11)10-19-15(20)14-12(17)8-5-9-13(14)18/h2-9,21H,10H2,1H3,(H,19,20). The molecule has 0 aliphatic heterocycles. The molecule has 0 aromatic heterocycles. The molecule has 0 saturated carbocycles. The Bertz CT molecular complexity index is 622. The number of rotatable bonds is 4. The van der Waals surface area contributed by atoms with E-state index in [1.807, 2.05) is 18.2 Å². The molecule has 1 unspecified atom stereocenters. The lowest BCUT2D eigenvalue weighted by Gasteiger charge is -2.24. The van der Waals surface area contributed by atoms with Crippen molar-refractivity contribution in [1.29, 1.82) is 0 Å². The van der Waals surface area contributed by atoms with Gasteiger partial charge in [0, 0.05) is 0 Å². The van der Waals surface area contributed by atoms with Crippen molar-refractivity contribution in [3.05, 3.63) is 69.7 Å². The normalized spacial score (nSPS) is 13.5. The van der Waals surface area contributed by atoms with Crippen LogP contribution in [0.25, 0.3) is 0 Å². The summed E-state index contributed by atoms with van der Waals surface area (Å²) in [5.41, 5.74) is -0.245. The van der Waals surface area contributed by atoms with Gasteiger partial charge in [-0.05, 0) is 24.6 Å². The zero-order valence-electron chi connectivity index (χ0n) is 11.4. The third kappa shape index (κ3) is 3.76. The number of hydrogen-bond acceptors (Lipinski definition) is 2. The molecule has 1 atom stereocenters. The third-order valence-electron chi connectivity index (χ3n) is 3.18. The summed E-state index contributed by atoms with van der Waals surface area (Å²) in [6.07, 6.45) is 0. The van der Waals surface area contributed by atoms with Gasteiger partial charge in [-0.15, -0.1) is 0 Å². The van der Waals surface area contributed by atoms with Crippen molar-refractivity contribution < 1.29 is 9.90 Å². The first-order chi connectivity index (χ1) is 9.92. The van der Waals surface area contributed by atoms with E-state index in [9.17, 15) is 9.90 Å². The molecule has 2 N–H and O–H groups in total. The fraction of sp³-hybridized carbons (Fsp3) is 0.188. The van der Waals surface area contributed by atoms with E-state index in [-0.39, 0.29) is 22.2 Å². The van der Waals surface area contributed by atoms with Crippen LogP contribution in [0.3, 0.4) is 0 Å². The summed E-state index contributed by atoms with van der Waals surface area (Å²) in [7, 11) is 0. The molecule has 0 aliphatic carbocycles. The average molecular weight is 324 g/mol. The highest BCUT2D eigenvalue weighted by Crippen LogP contribution is 2.25. The largest absolute Gasteiger partial charge is 0.384 e. The minimum absolute atomic E-state index is 0.0530. The molecule has 21 heavy (non-hydrogen) atoms. The molecule has 0 fully saturated rings. The maximum absolute atomic E-state index is 12.2. The summed E-state index contributed by atoms with van der Waals surface area (Å²) >= 11 is 12.0. The SMILES string of the molecule is CC(O)(CNC(=O)c1c(Cl)cccc1Cl)c1ccccc1. The number of carbonyl (C=O) groups excluding carboxylic acids is 1. The van der Waals surface area contributed by atoms with Crippen molar-refractivity contribution in [2.24, 2.45) is 0 Å². The van der Waals surface area contributed by atoms with Crippen LogP contribution in [0.4, 0.5) is 0 Å². The van der Waals surface area contributed by atoms with Crippen LogP contribution in [0.1, 0.15) is 22.8 Å². The van der Waals surface area contributed by atoms with Crippen molar-refractivity contribution >= 4 is 29.1 Å². The van der Waals surface area contributed by atoms with Gasteiger partial charge < -0.3 is 10.4 Å². The lowest BCUT2D eigenvalue weighted by Crippen LogP contribution is -2.38. The Kier molecular flexibility index (Phi) is 4.88. The van der Waals surface area contributed by atoms with Crippen LogP contribution in [-0.2, 0) is 5.60 Å². The molecule has 0 saturated heterocycles. The molecule has 0 heterocycles. The molecule has 110 valence electrons. The van der Waals surface area contributed by atoms with Gasteiger partial charge in [-0.1, -0.05) is 59.6 Å². The summed E-state index contributed by atoms with van der Waals surface area (Å²) in [6, 6.07) is 14.0. The number of hydrogen-bond donors (Lipinski definition) is 2. The fourth-order valence-corrected chi connectivity index (χ4v) is 2.52. The van der Waals surface area contributed by atoms with E-state index >= 15 is 0 Å². The first kappa shape index (κ1) is 15.8. The van der Waals surface area contributed by atoms with E-state index < -0.39 is 11.5 Å². The molecule has 1 amide bonds. The number of carbonyl (C=O) groups is 1. The lowest BCUT2D eigenvalue weighted by atomic mass is 9.96. The smallest absolute Gasteiger partial charge is 0.254 e. The average Bonchev–Trinajstić information content (AvgIpc) is 2.46. The Balaban J connectivity index is 2.11. The van der Waals surface area contributed by atoms with E-state index in [1.54, 1.807) is 37.3 Å². The Morgan fingerprint density at radius 1 is 1.10 bits per heavy atom. The topological polar surface area (TPSA) is 49.3 Å². The predicted molar refractivity (Wildman–Crippen MR) is 84.8 cm³/mol. The monoisotopic (exact) mass is 323 g/mol. The van der Waals surface area contributed by atoms with E-state index in [0.29, 0.717) is 0 Å². The van der Waals surface area contributed by atoms with Crippen LogP contribution in [0, 0.1) is 0 Å². The number of aliphatic hydroxyl groups is 1. The number of amides is 1. The molecule has 2 aromatic carbocycles. The lowest BCUT2D eigenvalue weighted by molar-refractivity contribution is 0.0526. The van der Waals surface area contributed by atoms with E-state index in [1.165, 1.54) is 0 Å². The van der Waals surface area contributed by atoms with Gasteiger partial charge in [0.05, 0.1) is 22.2 Å². The maximum Gasteiger partial charge on any atom is 0.254 e. The first-order valence-electron chi connectivity index (χ1n) is 6.42. The van der Waals surface area contributed by atoms with Gasteiger partial charge in [-0.3, -0.25) is 4.79 Å². The molecule has 2 rings (SSSR count). The zero-order chi connectivity index (χ0) is 15.5. The van der Waals surface area contributed by atoms with Crippen molar-refractivity contribution in [1.82, 2.24) is 5.32 Å². The zero-order valence-corrected chi connectivity index (χ0v) is 12.9. The second-order valence-corrected chi connectivity index (χ2v) is 5.73. The quantitative estimate of drug-likeness (QED) is 0.902. The fourth-order valence-electron chi connectivity index (χ4n) is 1.95. The Hall–Kier alpha value is -1.55. The van der Waals surface area contributed by atoms with Crippen LogP contribution >= 0.6 is 23.2 Å². The number of nitrogens with one attached hydrogen (secondary N) is 1. The Morgan fingerprint density at radius 2 is 1.67 bits per heavy atom. The Labute approximate surface area is 133 Å². The summed E-state index contributed by atoms with van der Waals surface area (Å²) in [5.74, 6) is -0.415. The third-order valence-corrected chi connectivity index (χ3v) is 3.81. The highest BCUT2D eigenvalue weighted by molar-refractivity contribution is 6.39. The predicted octanol–water partition coefficient (Wildman–Crippen LogP) is 3.63.